The van der Waals surface area contributed by atoms with Crippen molar-refractivity contribution in [3.05, 3.63) is 18.2 Å². The molecule has 4 nitrogen and oxygen atoms in total. The van der Waals surface area contributed by atoms with Gasteiger partial charge in [0.25, 0.3) is 0 Å². The van der Waals surface area contributed by atoms with E-state index in [-0.39, 0.29) is 12.1 Å². The van der Waals surface area contributed by atoms with Crippen molar-refractivity contribution in [2.24, 2.45) is 0 Å². The molecule has 0 radical (unpaired) electrons. The van der Waals surface area contributed by atoms with E-state index < -0.39 is 0 Å². The van der Waals surface area contributed by atoms with Gasteiger partial charge in [-0.2, -0.15) is 0 Å². The molecule has 0 bridgehead atoms. The van der Waals surface area contributed by atoms with Gasteiger partial charge in [-0.1, -0.05) is 12.8 Å². The maximum atomic E-state index is 9.54. The van der Waals surface area contributed by atoms with E-state index in [9.17, 15) is 5.11 Å². The Kier molecular flexibility index (Phi) is 3.84. The van der Waals surface area contributed by atoms with Gasteiger partial charge in [0.2, 0.25) is 0 Å². The molecular formula is C13H23N3O. The second-order valence-electron chi connectivity index (χ2n) is 5.39. The number of aliphatic hydroxyl groups excluding tert-OH is 1. The number of nitrogens with zero attached hydrogens (tertiary/aromatic N) is 2. The molecule has 1 heterocycles. The maximum Gasteiger partial charge on any atom is 0.0951 e. The number of imidazole rings is 1. The summed E-state index contributed by atoms with van der Waals surface area (Å²) in [7, 11) is 0. The van der Waals surface area contributed by atoms with Gasteiger partial charge in [0.15, 0.2) is 0 Å². The number of rotatable bonds is 5. The van der Waals surface area contributed by atoms with Crippen molar-refractivity contribution < 1.29 is 5.11 Å². The first kappa shape index (κ1) is 12.6. The van der Waals surface area contributed by atoms with Gasteiger partial charge < -0.3 is 15.0 Å². The van der Waals surface area contributed by atoms with Crippen molar-refractivity contribution in [3.63, 3.8) is 0 Å². The Morgan fingerprint density at radius 2 is 2.18 bits per heavy atom. The van der Waals surface area contributed by atoms with E-state index in [1.54, 1.807) is 0 Å². The van der Waals surface area contributed by atoms with Gasteiger partial charge in [-0.15, -0.1) is 0 Å². The molecule has 17 heavy (non-hydrogen) atoms. The van der Waals surface area contributed by atoms with Gasteiger partial charge in [-0.25, -0.2) is 4.98 Å². The molecule has 4 heteroatoms. The second kappa shape index (κ2) is 5.19. The Bertz CT molecular complexity index is 353. The fourth-order valence-electron chi connectivity index (χ4n) is 2.65. The molecular weight excluding hydrogens is 214 g/mol. The molecule has 0 spiro atoms. The van der Waals surface area contributed by atoms with Crippen LogP contribution in [0.2, 0.25) is 0 Å². The van der Waals surface area contributed by atoms with Gasteiger partial charge >= 0.3 is 0 Å². The number of hydrogen-bond acceptors (Lipinski definition) is 3. The van der Waals surface area contributed by atoms with Crippen LogP contribution in [0.15, 0.2) is 12.5 Å². The summed E-state index contributed by atoms with van der Waals surface area (Å²) in [4.78, 5) is 4.20. The van der Waals surface area contributed by atoms with Crippen molar-refractivity contribution in [1.29, 1.82) is 0 Å². The second-order valence-corrected chi connectivity index (χ2v) is 5.39. The molecule has 1 fully saturated rings. The summed E-state index contributed by atoms with van der Waals surface area (Å²) < 4.78 is 2.17. The Morgan fingerprint density at radius 3 is 2.76 bits per heavy atom. The van der Waals surface area contributed by atoms with E-state index in [0.717, 1.165) is 19.4 Å². The third-order valence-corrected chi connectivity index (χ3v) is 3.81. The van der Waals surface area contributed by atoms with Crippen LogP contribution in [0.3, 0.4) is 0 Å². The average Bonchev–Trinajstić information content (AvgIpc) is 2.96. The molecule has 0 unspecified atom stereocenters. The Hall–Kier alpha value is -0.870. The number of hydrogen-bond donors (Lipinski definition) is 2. The lowest BCUT2D eigenvalue weighted by Crippen LogP contribution is -2.45. The smallest absolute Gasteiger partial charge is 0.0951 e. The number of nitrogens with one attached hydrogen (secondary N) is 1. The minimum Gasteiger partial charge on any atom is -0.394 e. The highest BCUT2D eigenvalue weighted by atomic mass is 16.3. The Balaban J connectivity index is 1.99. The summed E-state index contributed by atoms with van der Waals surface area (Å²) in [5, 5.41) is 13.1. The van der Waals surface area contributed by atoms with Gasteiger partial charge in [0.05, 0.1) is 18.6 Å². The van der Waals surface area contributed by atoms with Gasteiger partial charge in [-0.05, 0) is 26.7 Å². The zero-order chi connectivity index (χ0) is 12.3. The third-order valence-electron chi connectivity index (χ3n) is 3.81. The standard InChI is InChI=1S/C13H23N3O/c1-11(2)16-10-14-7-12(16)8-15-13(9-17)5-3-4-6-13/h7,10-11,15,17H,3-6,8-9H2,1-2H3. The molecule has 1 aliphatic rings. The quantitative estimate of drug-likeness (QED) is 0.822. The minimum atomic E-state index is -0.0495. The van der Waals surface area contributed by atoms with E-state index in [2.05, 4.69) is 28.7 Å². The summed E-state index contributed by atoms with van der Waals surface area (Å²) in [5.74, 6) is 0. The van der Waals surface area contributed by atoms with Gasteiger partial charge in [0.1, 0.15) is 0 Å². The molecule has 1 aliphatic carbocycles. The van der Waals surface area contributed by atoms with Crippen molar-refractivity contribution in [1.82, 2.24) is 14.9 Å². The van der Waals surface area contributed by atoms with E-state index in [1.807, 2.05) is 12.5 Å². The molecule has 0 amide bonds. The lowest BCUT2D eigenvalue weighted by molar-refractivity contribution is 0.162. The van der Waals surface area contributed by atoms with Crippen molar-refractivity contribution >= 4 is 0 Å². The Morgan fingerprint density at radius 1 is 1.47 bits per heavy atom. The lowest BCUT2D eigenvalue weighted by atomic mass is 9.99. The fourth-order valence-corrected chi connectivity index (χ4v) is 2.65. The molecule has 96 valence electrons. The largest absolute Gasteiger partial charge is 0.394 e. The Labute approximate surface area is 103 Å². The van der Waals surface area contributed by atoms with E-state index >= 15 is 0 Å². The van der Waals surface area contributed by atoms with E-state index in [1.165, 1.54) is 18.5 Å². The van der Waals surface area contributed by atoms with Crippen LogP contribution in [0.1, 0.15) is 51.3 Å². The third kappa shape index (κ3) is 2.69. The molecule has 0 aromatic carbocycles. The molecule has 0 aliphatic heterocycles. The zero-order valence-electron chi connectivity index (χ0n) is 10.8. The van der Waals surface area contributed by atoms with Crippen molar-refractivity contribution in [2.75, 3.05) is 6.61 Å². The molecule has 0 saturated heterocycles. The summed E-state index contributed by atoms with van der Waals surface area (Å²) in [6.07, 6.45) is 8.39. The summed E-state index contributed by atoms with van der Waals surface area (Å²) in [5.41, 5.74) is 1.14. The minimum absolute atomic E-state index is 0.0495. The highest BCUT2D eigenvalue weighted by molar-refractivity contribution is 5.02. The highest BCUT2D eigenvalue weighted by Gasteiger charge is 2.32. The first-order valence-electron chi connectivity index (χ1n) is 6.53. The zero-order valence-corrected chi connectivity index (χ0v) is 10.8. The first-order chi connectivity index (χ1) is 8.17. The van der Waals surface area contributed by atoms with Gasteiger partial charge in [0, 0.05) is 24.3 Å². The van der Waals surface area contributed by atoms with Crippen molar-refractivity contribution in [2.45, 2.75) is 57.7 Å². The molecule has 2 rings (SSSR count). The molecule has 0 atom stereocenters. The summed E-state index contributed by atoms with van der Waals surface area (Å²) in [6.45, 7) is 5.34. The summed E-state index contributed by atoms with van der Waals surface area (Å²) in [6, 6.07) is 0.433. The van der Waals surface area contributed by atoms with Crippen LogP contribution in [0.5, 0.6) is 0 Å². The fraction of sp³-hybridized carbons (Fsp3) is 0.769. The number of aromatic nitrogens is 2. The van der Waals surface area contributed by atoms with Crippen molar-refractivity contribution in [3.8, 4) is 0 Å². The monoisotopic (exact) mass is 237 g/mol. The lowest BCUT2D eigenvalue weighted by Gasteiger charge is -2.28. The topological polar surface area (TPSA) is 50.1 Å². The molecule has 1 aromatic heterocycles. The predicted octanol–water partition coefficient (Wildman–Crippen LogP) is 1.86. The molecule has 2 N–H and O–H groups in total. The van der Waals surface area contributed by atoms with E-state index in [4.69, 9.17) is 0 Å². The van der Waals surface area contributed by atoms with Crippen LogP contribution in [-0.4, -0.2) is 26.8 Å². The summed E-state index contributed by atoms with van der Waals surface area (Å²) >= 11 is 0. The van der Waals surface area contributed by atoms with Crippen LogP contribution in [0.4, 0.5) is 0 Å². The average molecular weight is 237 g/mol. The van der Waals surface area contributed by atoms with Crippen LogP contribution in [-0.2, 0) is 6.54 Å². The molecule has 1 aromatic rings. The maximum absolute atomic E-state index is 9.54. The van der Waals surface area contributed by atoms with Crippen LogP contribution >= 0.6 is 0 Å². The normalized spacial score (nSPS) is 19.1. The highest BCUT2D eigenvalue weighted by Crippen LogP contribution is 2.29. The number of aliphatic hydroxyl groups is 1. The van der Waals surface area contributed by atoms with Crippen LogP contribution < -0.4 is 5.32 Å². The molecule has 1 saturated carbocycles. The van der Waals surface area contributed by atoms with Gasteiger partial charge in [-0.3, -0.25) is 0 Å². The van der Waals surface area contributed by atoms with Crippen LogP contribution in [0, 0.1) is 0 Å². The predicted molar refractivity (Wildman–Crippen MR) is 67.7 cm³/mol. The first-order valence-corrected chi connectivity index (χ1v) is 6.53. The SMILES string of the molecule is CC(C)n1cncc1CNC1(CO)CCCC1. The van der Waals surface area contributed by atoms with Crippen LogP contribution in [0.25, 0.3) is 0 Å². The van der Waals surface area contributed by atoms with E-state index in [0.29, 0.717) is 6.04 Å².